The molecule has 1 aliphatic rings. The largest absolute Gasteiger partial charge is 5.00 e. The van der Waals surface area contributed by atoms with Crippen LogP contribution < -0.4 is 0 Å². The molecule has 1 radical (unpaired) electrons. The molecule has 0 aromatic carbocycles. The first-order chi connectivity index (χ1) is 8.00. The van der Waals surface area contributed by atoms with Crippen LogP contribution in [0.4, 0.5) is 0 Å². The molecule has 17 heavy (non-hydrogen) atoms. The number of nitrogens with one attached hydrogen (secondary N) is 1. The van der Waals surface area contributed by atoms with Crippen molar-refractivity contribution in [2.24, 2.45) is 0 Å². The van der Waals surface area contributed by atoms with Crippen LogP contribution in [0.3, 0.4) is 0 Å². The van der Waals surface area contributed by atoms with Gasteiger partial charge in [-0.3, -0.25) is 6.08 Å². The van der Waals surface area contributed by atoms with Crippen molar-refractivity contribution in [2.75, 3.05) is 0 Å². The zero-order chi connectivity index (χ0) is 13.1. The summed E-state index contributed by atoms with van der Waals surface area (Å²) < 4.78 is 0. The zero-order valence-electron chi connectivity index (χ0n) is 11.1. The molecule has 0 aliphatic heterocycles. The molecule has 0 spiro atoms. The van der Waals surface area contributed by atoms with Crippen molar-refractivity contribution in [1.82, 2.24) is 4.98 Å². The molecule has 0 unspecified atom stereocenters. The third-order valence-corrected chi connectivity index (χ3v) is 1.03. The Morgan fingerprint density at radius 2 is 1.65 bits per heavy atom. The molecule has 0 saturated heterocycles. The molecule has 1 nitrogen and oxygen atoms in total. The summed E-state index contributed by atoms with van der Waals surface area (Å²) in [6.45, 7) is 15.0. The quantitative estimate of drug-likeness (QED) is 0.530. The summed E-state index contributed by atoms with van der Waals surface area (Å²) in [6.07, 6.45) is 14.6. The van der Waals surface area contributed by atoms with E-state index < -0.39 is 0 Å². The predicted octanol–water partition coefficient (Wildman–Crippen LogP) is 4.64. The van der Waals surface area contributed by atoms with E-state index in [2.05, 4.69) is 44.1 Å². The second kappa shape index (κ2) is 36.1. The molecule has 1 aliphatic carbocycles. The van der Waals surface area contributed by atoms with Crippen molar-refractivity contribution in [2.45, 2.75) is 27.2 Å². The standard InChI is InChI=1S/C5H5.C4H4N.3C2H5.Ru/c2*1-2-4-5-3-1;3*1-2;/h1-3H,4H2;1-3,5H;3*1H2,2H3;/q5*-1;+5. The number of allylic oxidation sites excluding steroid dienone is 4. The topological polar surface area (TPSA) is 15.8 Å². The molecule has 0 amide bonds. The van der Waals surface area contributed by atoms with Crippen LogP contribution in [0.5, 0.6) is 0 Å². The first kappa shape index (κ1) is 25.3. The number of aromatic amines is 1. The molecule has 0 saturated carbocycles. The van der Waals surface area contributed by atoms with Crippen LogP contribution in [0.2, 0.25) is 0 Å². The van der Waals surface area contributed by atoms with Crippen LogP contribution in [0.15, 0.2) is 36.6 Å². The van der Waals surface area contributed by atoms with Crippen molar-refractivity contribution in [3.05, 3.63) is 69.6 Å². The van der Waals surface area contributed by atoms with E-state index in [-0.39, 0.29) is 19.5 Å². The molecule has 0 fully saturated rings. The third kappa shape index (κ3) is 31.3. The molecule has 1 N–H and O–H groups in total. The minimum Gasteiger partial charge on any atom is -0.484 e. The van der Waals surface area contributed by atoms with Gasteiger partial charge in [-0.25, -0.2) is 12.2 Å². The van der Waals surface area contributed by atoms with E-state index in [9.17, 15) is 0 Å². The fraction of sp³-hybridized carbons (Fsp3) is 0.267. The van der Waals surface area contributed by atoms with Crippen LogP contribution in [0.25, 0.3) is 0 Å². The molecular formula is C15H24NRu. The Labute approximate surface area is 121 Å². The van der Waals surface area contributed by atoms with E-state index in [4.69, 9.17) is 0 Å². The van der Waals surface area contributed by atoms with Gasteiger partial charge in [-0.2, -0.15) is 45.2 Å². The van der Waals surface area contributed by atoms with Crippen LogP contribution >= 0.6 is 0 Å². The maximum absolute atomic E-state index is 3.25. The van der Waals surface area contributed by atoms with Crippen molar-refractivity contribution in [3.63, 3.8) is 0 Å². The summed E-state index contributed by atoms with van der Waals surface area (Å²) in [7, 11) is 0. The molecule has 2 heteroatoms. The Kier molecular flexibility index (Phi) is 53.8. The summed E-state index contributed by atoms with van der Waals surface area (Å²) in [6, 6.07) is 3.71. The van der Waals surface area contributed by atoms with Gasteiger partial charge in [-0.1, -0.05) is 0 Å². The Hall–Kier alpha value is -0.617. The Morgan fingerprint density at radius 1 is 1.06 bits per heavy atom. The summed E-state index contributed by atoms with van der Waals surface area (Å²) in [4.78, 5) is 2.74. The van der Waals surface area contributed by atoms with Crippen molar-refractivity contribution >= 4 is 0 Å². The van der Waals surface area contributed by atoms with Crippen LogP contribution in [0.1, 0.15) is 27.2 Å². The van der Waals surface area contributed by atoms with Crippen molar-refractivity contribution in [3.8, 4) is 0 Å². The molecule has 1 aromatic heterocycles. The number of aromatic nitrogens is 1. The summed E-state index contributed by atoms with van der Waals surface area (Å²) >= 11 is 0. The number of H-pyrrole nitrogens is 1. The van der Waals surface area contributed by atoms with Crippen LogP contribution in [0, 0.1) is 33.0 Å². The second-order valence-electron chi connectivity index (χ2n) is 1.82. The second-order valence-corrected chi connectivity index (χ2v) is 1.82. The zero-order valence-corrected chi connectivity index (χ0v) is 12.9. The molecule has 1 heterocycles. The molecular weight excluding hydrogens is 295 g/mol. The van der Waals surface area contributed by atoms with E-state index in [0.29, 0.717) is 0 Å². The molecule has 0 bridgehead atoms. The van der Waals surface area contributed by atoms with Gasteiger partial charge in [0.1, 0.15) is 0 Å². The van der Waals surface area contributed by atoms with E-state index in [1.54, 1.807) is 20.8 Å². The first-order valence-electron chi connectivity index (χ1n) is 5.33. The number of hydrogen-bond donors (Lipinski definition) is 1. The number of hydrogen-bond acceptors (Lipinski definition) is 0. The SMILES string of the molecule is [C-]1=CC=CC1.[CH2-]C.[CH2-]C.[CH2-]C.[Ru+5].[c-]1ccc[nH]1. The van der Waals surface area contributed by atoms with E-state index in [0.717, 1.165) is 6.42 Å². The minimum atomic E-state index is 0. The van der Waals surface area contributed by atoms with Gasteiger partial charge in [-0.15, -0.1) is 12.6 Å². The number of rotatable bonds is 0. The average molecular weight is 319 g/mol. The fourth-order valence-electron chi connectivity index (χ4n) is 0.581. The maximum Gasteiger partial charge on any atom is 5.00 e. The van der Waals surface area contributed by atoms with E-state index >= 15 is 0 Å². The van der Waals surface area contributed by atoms with Gasteiger partial charge in [0.2, 0.25) is 0 Å². The average Bonchev–Trinajstić information content (AvgIpc) is 3.14. The van der Waals surface area contributed by atoms with E-state index in [1.807, 2.05) is 30.5 Å². The molecule has 2 rings (SSSR count). The van der Waals surface area contributed by atoms with Gasteiger partial charge < -0.3 is 25.8 Å². The smallest absolute Gasteiger partial charge is 0.484 e. The normalized spacial score (nSPS) is 8.59. The monoisotopic (exact) mass is 320 g/mol. The fourth-order valence-corrected chi connectivity index (χ4v) is 0.581. The van der Waals surface area contributed by atoms with Gasteiger partial charge in [0.15, 0.2) is 0 Å². The van der Waals surface area contributed by atoms with Crippen LogP contribution in [-0.4, -0.2) is 4.98 Å². The molecule has 0 atom stereocenters. The Morgan fingerprint density at radius 3 is 1.76 bits per heavy atom. The van der Waals surface area contributed by atoms with Gasteiger partial charge in [0, 0.05) is 0 Å². The van der Waals surface area contributed by atoms with Crippen molar-refractivity contribution < 1.29 is 19.5 Å². The van der Waals surface area contributed by atoms with Gasteiger partial charge in [0.25, 0.3) is 0 Å². The summed E-state index contributed by atoms with van der Waals surface area (Å²) in [5, 5.41) is 0. The minimum absolute atomic E-state index is 0. The molecule has 1 aromatic rings. The molecule has 97 valence electrons. The van der Waals surface area contributed by atoms with Gasteiger partial charge in [-0.05, 0) is 0 Å². The van der Waals surface area contributed by atoms with Gasteiger partial charge in [0.05, 0.1) is 0 Å². The predicted molar refractivity (Wildman–Crippen MR) is 74.3 cm³/mol. The Balaban J connectivity index is -0.0000000672. The van der Waals surface area contributed by atoms with Crippen LogP contribution in [-0.2, 0) is 19.5 Å². The third-order valence-electron chi connectivity index (χ3n) is 1.03. The van der Waals surface area contributed by atoms with Gasteiger partial charge >= 0.3 is 19.5 Å². The van der Waals surface area contributed by atoms with E-state index in [1.165, 1.54) is 0 Å². The maximum atomic E-state index is 3.25. The summed E-state index contributed by atoms with van der Waals surface area (Å²) in [5.74, 6) is 0. The first-order valence-corrected chi connectivity index (χ1v) is 5.33. The van der Waals surface area contributed by atoms with Crippen molar-refractivity contribution in [1.29, 1.82) is 0 Å². The summed E-state index contributed by atoms with van der Waals surface area (Å²) in [5.41, 5.74) is 0. The Bertz CT molecular complexity index is 173.